The molecule has 0 aromatic heterocycles. The fourth-order valence-electron chi connectivity index (χ4n) is 3.37. The lowest BCUT2D eigenvalue weighted by molar-refractivity contribution is -0.138. The topological polar surface area (TPSA) is 37.4 Å². The number of hydrogen-bond acceptors (Lipinski definition) is 2. The van der Waals surface area contributed by atoms with E-state index < -0.39 is 0 Å². The first-order chi connectivity index (χ1) is 8.68. The van der Waals surface area contributed by atoms with E-state index in [1.807, 2.05) is 18.2 Å². The van der Waals surface area contributed by atoms with Gasteiger partial charge in [-0.15, -0.1) is 0 Å². The predicted octanol–water partition coefficient (Wildman–Crippen LogP) is 2.19. The van der Waals surface area contributed by atoms with Gasteiger partial charge in [0, 0.05) is 7.05 Å². The van der Waals surface area contributed by atoms with Gasteiger partial charge in [0.25, 0.3) is 0 Å². The highest BCUT2D eigenvalue weighted by atomic mass is 16.2. The van der Waals surface area contributed by atoms with Crippen molar-refractivity contribution in [3.8, 4) is 0 Å². The lowest BCUT2D eigenvalue weighted by Crippen LogP contribution is -2.26. The largest absolute Gasteiger partial charge is 0.285 e. The molecule has 2 fully saturated rings. The maximum Gasteiger partial charge on any atom is 0.232 e. The molecule has 2 aliphatic rings. The number of amides is 2. The van der Waals surface area contributed by atoms with Crippen molar-refractivity contribution in [2.24, 2.45) is 11.8 Å². The smallest absolute Gasteiger partial charge is 0.232 e. The van der Waals surface area contributed by atoms with Crippen molar-refractivity contribution in [1.29, 1.82) is 0 Å². The number of benzene rings is 1. The van der Waals surface area contributed by atoms with Crippen LogP contribution in [0.5, 0.6) is 0 Å². The minimum atomic E-state index is -0.0820. The van der Waals surface area contributed by atoms with Crippen LogP contribution in [-0.2, 0) is 9.59 Å². The zero-order valence-corrected chi connectivity index (χ0v) is 10.5. The standard InChI is InChI=1S/C15H17NO2/c1-16-14(17)12-8-7-11(9-13(12)15(16)18)10-5-3-2-4-6-10/h2-6,11-13H,7-9H2,1H3/t11-,12-,13+/m0/s1. The molecule has 1 heterocycles. The summed E-state index contributed by atoms with van der Waals surface area (Å²) in [6.07, 6.45) is 2.68. The summed E-state index contributed by atoms with van der Waals surface area (Å²) in [7, 11) is 1.61. The molecule has 1 aliphatic heterocycles. The summed E-state index contributed by atoms with van der Waals surface area (Å²) < 4.78 is 0. The number of rotatable bonds is 1. The lowest BCUT2D eigenvalue weighted by Gasteiger charge is -2.28. The molecule has 1 aliphatic carbocycles. The number of imide groups is 1. The van der Waals surface area contributed by atoms with Crippen LogP contribution in [0.1, 0.15) is 30.7 Å². The van der Waals surface area contributed by atoms with Crippen molar-refractivity contribution in [1.82, 2.24) is 4.90 Å². The summed E-state index contributed by atoms with van der Waals surface area (Å²) >= 11 is 0. The Hall–Kier alpha value is -1.64. The van der Waals surface area contributed by atoms with Gasteiger partial charge in [-0.3, -0.25) is 14.5 Å². The number of likely N-dealkylation sites (tertiary alicyclic amines) is 1. The van der Waals surface area contributed by atoms with Crippen molar-refractivity contribution >= 4 is 11.8 Å². The van der Waals surface area contributed by atoms with Crippen molar-refractivity contribution < 1.29 is 9.59 Å². The van der Waals surface area contributed by atoms with E-state index in [1.54, 1.807) is 7.05 Å². The fourth-order valence-corrected chi connectivity index (χ4v) is 3.37. The number of carbonyl (C=O) groups excluding carboxylic acids is 2. The number of hydrogen-bond donors (Lipinski definition) is 0. The van der Waals surface area contributed by atoms with Crippen molar-refractivity contribution in [2.75, 3.05) is 7.05 Å². The molecule has 2 amide bonds. The summed E-state index contributed by atoms with van der Waals surface area (Å²) in [5.74, 6) is 0.335. The van der Waals surface area contributed by atoms with E-state index in [9.17, 15) is 9.59 Å². The van der Waals surface area contributed by atoms with Gasteiger partial charge in [0.05, 0.1) is 11.8 Å². The first-order valence-corrected chi connectivity index (χ1v) is 6.55. The molecular weight excluding hydrogens is 226 g/mol. The Kier molecular flexibility index (Phi) is 2.69. The molecule has 94 valence electrons. The van der Waals surface area contributed by atoms with Crippen molar-refractivity contribution in [2.45, 2.75) is 25.2 Å². The van der Waals surface area contributed by atoms with Gasteiger partial charge in [-0.2, -0.15) is 0 Å². The van der Waals surface area contributed by atoms with E-state index in [-0.39, 0.29) is 23.7 Å². The summed E-state index contributed by atoms with van der Waals surface area (Å²) in [4.78, 5) is 25.3. The Morgan fingerprint density at radius 1 is 1.00 bits per heavy atom. The third-order valence-electron chi connectivity index (χ3n) is 4.42. The second-order valence-electron chi connectivity index (χ2n) is 5.37. The second kappa shape index (κ2) is 4.23. The van der Waals surface area contributed by atoms with Gasteiger partial charge >= 0.3 is 0 Å². The second-order valence-corrected chi connectivity index (χ2v) is 5.37. The Labute approximate surface area is 107 Å². The molecule has 3 heteroatoms. The van der Waals surface area contributed by atoms with E-state index in [2.05, 4.69) is 12.1 Å². The molecule has 1 aromatic carbocycles. The molecule has 3 rings (SSSR count). The Morgan fingerprint density at radius 3 is 2.39 bits per heavy atom. The Morgan fingerprint density at radius 2 is 1.67 bits per heavy atom. The molecule has 0 unspecified atom stereocenters. The summed E-state index contributed by atoms with van der Waals surface area (Å²) in [5, 5.41) is 0. The minimum Gasteiger partial charge on any atom is -0.285 e. The van der Waals surface area contributed by atoms with Crippen LogP contribution in [0.2, 0.25) is 0 Å². The van der Waals surface area contributed by atoms with E-state index in [0.29, 0.717) is 5.92 Å². The van der Waals surface area contributed by atoms with Gasteiger partial charge in [-0.05, 0) is 30.7 Å². The minimum absolute atomic E-state index is 0.0191. The van der Waals surface area contributed by atoms with Crippen LogP contribution >= 0.6 is 0 Å². The summed E-state index contributed by atoms with van der Waals surface area (Å²) in [5.41, 5.74) is 1.30. The van der Waals surface area contributed by atoms with Gasteiger partial charge < -0.3 is 0 Å². The van der Waals surface area contributed by atoms with Crippen LogP contribution in [0.4, 0.5) is 0 Å². The molecule has 1 saturated heterocycles. The first-order valence-electron chi connectivity index (χ1n) is 6.55. The maximum atomic E-state index is 12.0. The van der Waals surface area contributed by atoms with Crippen LogP contribution in [0, 0.1) is 11.8 Å². The maximum absolute atomic E-state index is 12.0. The number of fused-ring (bicyclic) bond motifs is 1. The molecule has 1 saturated carbocycles. The highest BCUT2D eigenvalue weighted by molar-refractivity contribution is 6.04. The first kappa shape index (κ1) is 11.5. The van der Waals surface area contributed by atoms with Crippen LogP contribution in [0.3, 0.4) is 0 Å². The Bertz CT molecular complexity index is 483. The van der Waals surface area contributed by atoms with Gasteiger partial charge in [-0.1, -0.05) is 30.3 Å². The van der Waals surface area contributed by atoms with Crippen LogP contribution in [0.15, 0.2) is 30.3 Å². The van der Waals surface area contributed by atoms with E-state index in [4.69, 9.17) is 0 Å². The monoisotopic (exact) mass is 243 g/mol. The molecule has 0 radical (unpaired) electrons. The lowest BCUT2D eigenvalue weighted by atomic mass is 9.73. The molecule has 18 heavy (non-hydrogen) atoms. The summed E-state index contributed by atoms with van der Waals surface area (Å²) in [6.45, 7) is 0. The molecule has 3 nitrogen and oxygen atoms in total. The zero-order chi connectivity index (χ0) is 12.7. The number of carbonyl (C=O) groups is 2. The highest BCUT2D eigenvalue weighted by Crippen LogP contribution is 2.43. The van der Waals surface area contributed by atoms with Gasteiger partial charge in [0.1, 0.15) is 0 Å². The third-order valence-corrected chi connectivity index (χ3v) is 4.42. The number of nitrogens with zero attached hydrogens (tertiary/aromatic N) is 1. The van der Waals surface area contributed by atoms with Crippen LogP contribution in [-0.4, -0.2) is 23.8 Å². The van der Waals surface area contributed by atoms with Crippen LogP contribution in [0.25, 0.3) is 0 Å². The average molecular weight is 243 g/mol. The van der Waals surface area contributed by atoms with Crippen LogP contribution < -0.4 is 0 Å². The molecule has 1 aromatic rings. The molecule has 0 N–H and O–H groups in total. The quantitative estimate of drug-likeness (QED) is 0.709. The molecular formula is C15H17NO2. The van der Waals surface area contributed by atoms with Gasteiger partial charge in [0.2, 0.25) is 11.8 Å². The predicted molar refractivity (Wildman–Crippen MR) is 67.8 cm³/mol. The summed E-state index contributed by atoms with van der Waals surface area (Å²) in [6, 6.07) is 10.3. The molecule has 0 bridgehead atoms. The SMILES string of the molecule is CN1C(=O)[C@H]2CC[C@H](c3ccccc3)C[C@H]2C1=O. The fraction of sp³-hybridized carbons (Fsp3) is 0.467. The normalized spacial score (nSPS) is 31.6. The van der Waals surface area contributed by atoms with E-state index in [0.717, 1.165) is 19.3 Å². The molecule has 3 atom stereocenters. The van der Waals surface area contributed by atoms with Gasteiger partial charge in [0.15, 0.2) is 0 Å². The third kappa shape index (κ3) is 1.65. The van der Waals surface area contributed by atoms with Crippen molar-refractivity contribution in [3.05, 3.63) is 35.9 Å². The average Bonchev–Trinajstić information content (AvgIpc) is 2.65. The molecule has 0 spiro atoms. The van der Waals surface area contributed by atoms with Gasteiger partial charge in [-0.25, -0.2) is 0 Å². The zero-order valence-electron chi connectivity index (χ0n) is 10.5. The van der Waals surface area contributed by atoms with Crippen molar-refractivity contribution in [3.63, 3.8) is 0 Å². The Balaban J connectivity index is 1.82. The van der Waals surface area contributed by atoms with E-state index in [1.165, 1.54) is 10.5 Å². The van der Waals surface area contributed by atoms with E-state index >= 15 is 0 Å². The highest BCUT2D eigenvalue weighted by Gasteiger charge is 2.48.